The number of benzene rings is 1. The lowest BCUT2D eigenvalue weighted by molar-refractivity contribution is -0.149. The maximum Gasteiger partial charge on any atom is 0.246 e. The van der Waals surface area contributed by atoms with Gasteiger partial charge in [-0.15, -0.1) is 0 Å². The van der Waals surface area contributed by atoms with Gasteiger partial charge in [-0.2, -0.15) is 0 Å². The second-order valence-electron chi connectivity index (χ2n) is 4.95. The Hall–Kier alpha value is -1.88. The van der Waals surface area contributed by atoms with E-state index in [0.717, 1.165) is 5.56 Å². The predicted molar refractivity (Wildman–Crippen MR) is 75.1 cm³/mol. The number of piperazine rings is 1. The van der Waals surface area contributed by atoms with E-state index in [1.165, 1.54) is 0 Å². The molecular weight excluding hydrogens is 256 g/mol. The van der Waals surface area contributed by atoms with Crippen molar-refractivity contribution < 1.29 is 14.3 Å². The molecule has 0 aromatic heterocycles. The molecule has 2 amide bonds. The maximum atomic E-state index is 12.4. The van der Waals surface area contributed by atoms with Gasteiger partial charge in [0, 0.05) is 20.1 Å². The number of carbonyl (C=O) groups is 2. The molecule has 20 heavy (non-hydrogen) atoms. The highest BCUT2D eigenvalue weighted by atomic mass is 16.5. The molecule has 5 nitrogen and oxygen atoms in total. The van der Waals surface area contributed by atoms with Gasteiger partial charge in [0.15, 0.2) is 0 Å². The van der Waals surface area contributed by atoms with Gasteiger partial charge in [0.2, 0.25) is 11.8 Å². The van der Waals surface area contributed by atoms with Gasteiger partial charge in [0.05, 0.1) is 6.61 Å². The molecule has 5 heteroatoms. The van der Waals surface area contributed by atoms with Crippen molar-refractivity contribution in [3.63, 3.8) is 0 Å². The Labute approximate surface area is 118 Å². The van der Waals surface area contributed by atoms with Gasteiger partial charge in [-0.05, 0) is 12.5 Å². The SMILES string of the molecule is COCCN1C(=O)C(Cc2ccccc2)NC(=O)C1C. The largest absolute Gasteiger partial charge is 0.383 e. The van der Waals surface area contributed by atoms with E-state index < -0.39 is 12.1 Å². The average molecular weight is 276 g/mol. The standard InChI is InChI=1S/C15H20N2O3/c1-11-14(18)16-13(10-12-6-4-3-5-7-12)15(19)17(11)8-9-20-2/h3-7,11,13H,8-10H2,1-2H3,(H,16,18). The van der Waals surface area contributed by atoms with Crippen molar-refractivity contribution in [3.8, 4) is 0 Å². The quantitative estimate of drug-likeness (QED) is 0.856. The van der Waals surface area contributed by atoms with Crippen molar-refractivity contribution in [3.05, 3.63) is 35.9 Å². The monoisotopic (exact) mass is 276 g/mol. The zero-order valence-corrected chi connectivity index (χ0v) is 11.8. The molecule has 1 heterocycles. The normalized spacial score (nSPS) is 22.8. The third kappa shape index (κ3) is 3.17. The third-order valence-corrected chi connectivity index (χ3v) is 3.56. The summed E-state index contributed by atoms with van der Waals surface area (Å²) in [6.45, 7) is 2.61. The zero-order valence-electron chi connectivity index (χ0n) is 11.8. The van der Waals surface area contributed by atoms with E-state index in [4.69, 9.17) is 4.74 Å². The van der Waals surface area contributed by atoms with Crippen LogP contribution in [0.1, 0.15) is 12.5 Å². The lowest BCUT2D eigenvalue weighted by atomic mass is 10.0. The number of nitrogens with one attached hydrogen (secondary N) is 1. The number of methoxy groups -OCH3 is 1. The molecule has 1 aliphatic heterocycles. The molecule has 1 aromatic carbocycles. The van der Waals surface area contributed by atoms with E-state index in [-0.39, 0.29) is 11.8 Å². The highest BCUT2D eigenvalue weighted by molar-refractivity contribution is 5.96. The van der Waals surface area contributed by atoms with Crippen molar-refractivity contribution in [1.82, 2.24) is 10.2 Å². The van der Waals surface area contributed by atoms with E-state index in [0.29, 0.717) is 19.6 Å². The topological polar surface area (TPSA) is 58.6 Å². The summed E-state index contributed by atoms with van der Waals surface area (Å²) < 4.78 is 5.00. The number of ether oxygens (including phenoxy) is 1. The maximum absolute atomic E-state index is 12.4. The van der Waals surface area contributed by atoms with Crippen molar-refractivity contribution >= 4 is 11.8 Å². The lowest BCUT2D eigenvalue weighted by Crippen LogP contribution is -2.63. The summed E-state index contributed by atoms with van der Waals surface area (Å²) in [6, 6.07) is 8.76. The first-order valence-electron chi connectivity index (χ1n) is 6.77. The van der Waals surface area contributed by atoms with E-state index >= 15 is 0 Å². The molecule has 0 aliphatic carbocycles. The fraction of sp³-hybridized carbons (Fsp3) is 0.467. The minimum absolute atomic E-state index is 0.0435. The van der Waals surface area contributed by atoms with Gasteiger partial charge in [0.25, 0.3) is 0 Å². The van der Waals surface area contributed by atoms with Gasteiger partial charge in [-0.3, -0.25) is 9.59 Å². The number of rotatable bonds is 5. The number of carbonyl (C=O) groups excluding carboxylic acids is 2. The Kier molecular flexibility index (Phi) is 4.74. The van der Waals surface area contributed by atoms with Crippen LogP contribution in [0, 0.1) is 0 Å². The predicted octanol–water partition coefficient (Wildman–Crippen LogP) is 0.591. The second kappa shape index (κ2) is 6.52. The van der Waals surface area contributed by atoms with E-state index in [1.807, 2.05) is 30.3 Å². The van der Waals surface area contributed by atoms with E-state index in [9.17, 15) is 9.59 Å². The molecule has 0 spiro atoms. The minimum atomic E-state index is -0.488. The Morgan fingerprint density at radius 2 is 1.95 bits per heavy atom. The van der Waals surface area contributed by atoms with Crippen LogP contribution >= 0.6 is 0 Å². The van der Waals surface area contributed by atoms with Crippen LogP contribution in [0.25, 0.3) is 0 Å². The van der Waals surface area contributed by atoms with Crippen molar-refractivity contribution in [2.45, 2.75) is 25.4 Å². The first kappa shape index (κ1) is 14.5. The summed E-state index contributed by atoms with van der Waals surface area (Å²) >= 11 is 0. The molecule has 108 valence electrons. The Balaban J connectivity index is 2.09. The smallest absolute Gasteiger partial charge is 0.246 e. The first-order chi connectivity index (χ1) is 9.63. The number of hydrogen-bond donors (Lipinski definition) is 1. The average Bonchev–Trinajstić information content (AvgIpc) is 2.46. The van der Waals surface area contributed by atoms with Crippen molar-refractivity contribution in [2.75, 3.05) is 20.3 Å². The van der Waals surface area contributed by atoms with Crippen LogP contribution < -0.4 is 5.32 Å². The summed E-state index contributed by atoms with van der Waals surface area (Å²) in [4.78, 5) is 26.0. The van der Waals surface area contributed by atoms with Gasteiger partial charge in [-0.25, -0.2) is 0 Å². The summed E-state index contributed by atoms with van der Waals surface area (Å²) in [5.41, 5.74) is 1.03. The number of nitrogens with zero attached hydrogens (tertiary/aromatic N) is 1. The molecule has 1 N–H and O–H groups in total. The highest BCUT2D eigenvalue weighted by Crippen LogP contribution is 2.13. The Morgan fingerprint density at radius 1 is 1.25 bits per heavy atom. The second-order valence-corrected chi connectivity index (χ2v) is 4.95. The highest BCUT2D eigenvalue weighted by Gasteiger charge is 2.37. The molecule has 1 fully saturated rings. The van der Waals surface area contributed by atoms with Crippen LogP contribution in [-0.4, -0.2) is 49.1 Å². The minimum Gasteiger partial charge on any atom is -0.383 e. The Morgan fingerprint density at radius 3 is 2.60 bits per heavy atom. The summed E-state index contributed by atoms with van der Waals surface area (Å²) in [7, 11) is 1.58. The molecule has 0 radical (unpaired) electrons. The molecule has 2 rings (SSSR count). The van der Waals surface area contributed by atoms with Crippen molar-refractivity contribution in [1.29, 1.82) is 0 Å². The Bertz CT molecular complexity index is 475. The van der Waals surface area contributed by atoms with Gasteiger partial charge in [-0.1, -0.05) is 30.3 Å². The first-order valence-corrected chi connectivity index (χ1v) is 6.77. The van der Waals surface area contributed by atoms with E-state index in [2.05, 4.69) is 5.32 Å². The fourth-order valence-corrected chi connectivity index (χ4v) is 2.37. The number of amides is 2. The zero-order chi connectivity index (χ0) is 14.5. The van der Waals surface area contributed by atoms with Gasteiger partial charge >= 0.3 is 0 Å². The molecule has 1 saturated heterocycles. The van der Waals surface area contributed by atoms with Gasteiger partial charge in [0.1, 0.15) is 12.1 Å². The van der Waals surface area contributed by atoms with Crippen LogP contribution in [0.2, 0.25) is 0 Å². The molecular formula is C15H20N2O3. The molecule has 1 aromatic rings. The number of hydrogen-bond acceptors (Lipinski definition) is 3. The molecule has 1 aliphatic rings. The van der Waals surface area contributed by atoms with Gasteiger partial charge < -0.3 is 15.0 Å². The van der Waals surface area contributed by atoms with Crippen LogP contribution in [-0.2, 0) is 20.7 Å². The van der Waals surface area contributed by atoms with Crippen LogP contribution in [0.15, 0.2) is 30.3 Å². The van der Waals surface area contributed by atoms with Crippen LogP contribution in [0.4, 0.5) is 0 Å². The van der Waals surface area contributed by atoms with E-state index in [1.54, 1.807) is 18.9 Å². The van der Waals surface area contributed by atoms with Crippen LogP contribution in [0.3, 0.4) is 0 Å². The lowest BCUT2D eigenvalue weighted by Gasteiger charge is -2.37. The summed E-state index contributed by atoms with van der Waals surface area (Å²) in [5.74, 6) is -0.153. The third-order valence-electron chi connectivity index (χ3n) is 3.56. The summed E-state index contributed by atoms with van der Waals surface area (Å²) in [5, 5.41) is 2.80. The molecule has 0 saturated carbocycles. The molecule has 2 atom stereocenters. The summed E-state index contributed by atoms with van der Waals surface area (Å²) in [6.07, 6.45) is 0.515. The molecule has 0 bridgehead atoms. The fourth-order valence-electron chi connectivity index (χ4n) is 2.37. The van der Waals surface area contributed by atoms with Crippen LogP contribution in [0.5, 0.6) is 0 Å². The molecule has 2 unspecified atom stereocenters. The van der Waals surface area contributed by atoms with Crippen molar-refractivity contribution in [2.24, 2.45) is 0 Å².